The SMILES string of the molecule is CCN(CC)CCCC(C)Nc1ccc(N=O)c2nonc12. The second-order valence-corrected chi connectivity index (χ2v) is 5.40. The third kappa shape index (κ3) is 3.79. The van der Waals surface area contributed by atoms with Crippen molar-refractivity contribution in [3.63, 3.8) is 0 Å². The lowest BCUT2D eigenvalue weighted by molar-refractivity contribution is 0.295. The summed E-state index contributed by atoms with van der Waals surface area (Å²) < 4.78 is 4.73. The summed E-state index contributed by atoms with van der Waals surface area (Å²) in [6, 6.07) is 3.72. The molecule has 0 aliphatic heterocycles. The first kappa shape index (κ1) is 16.4. The maximum absolute atomic E-state index is 10.7. The van der Waals surface area contributed by atoms with Gasteiger partial charge in [-0.25, -0.2) is 4.63 Å². The van der Waals surface area contributed by atoms with Crippen molar-refractivity contribution in [1.82, 2.24) is 15.2 Å². The van der Waals surface area contributed by atoms with E-state index >= 15 is 0 Å². The van der Waals surface area contributed by atoms with Gasteiger partial charge in [-0.05, 0) is 67.0 Å². The zero-order valence-electron chi connectivity index (χ0n) is 13.4. The molecule has 2 aromatic rings. The molecule has 1 heterocycles. The topological polar surface area (TPSA) is 83.6 Å². The maximum Gasteiger partial charge on any atom is 0.166 e. The summed E-state index contributed by atoms with van der Waals surface area (Å²) in [6.07, 6.45) is 2.18. The van der Waals surface area contributed by atoms with E-state index in [0.29, 0.717) is 17.1 Å². The lowest BCUT2D eigenvalue weighted by Gasteiger charge is -2.20. The van der Waals surface area contributed by atoms with Crippen molar-refractivity contribution in [3.8, 4) is 0 Å². The standard InChI is InChI=1S/C15H23N5O2/c1-4-20(5-2)10-6-7-11(3)16-12-8-9-13(17-21)15-14(12)18-22-19-15/h8-9,11,16H,4-7,10H2,1-3H3. The van der Waals surface area contributed by atoms with Crippen molar-refractivity contribution < 1.29 is 4.63 Å². The number of aromatic nitrogens is 2. The molecule has 7 nitrogen and oxygen atoms in total. The van der Waals surface area contributed by atoms with Crippen LogP contribution in [0, 0.1) is 4.91 Å². The summed E-state index contributed by atoms with van der Waals surface area (Å²) in [6.45, 7) is 9.78. The molecule has 1 aromatic carbocycles. The molecule has 0 saturated heterocycles. The van der Waals surface area contributed by atoms with E-state index in [-0.39, 0.29) is 5.69 Å². The van der Waals surface area contributed by atoms with E-state index in [2.05, 4.69) is 46.5 Å². The van der Waals surface area contributed by atoms with E-state index in [0.717, 1.165) is 38.2 Å². The largest absolute Gasteiger partial charge is 0.381 e. The Hall–Kier alpha value is -2.02. The first-order valence-corrected chi connectivity index (χ1v) is 7.77. The van der Waals surface area contributed by atoms with Gasteiger partial charge in [-0.15, -0.1) is 4.91 Å². The molecule has 0 spiro atoms. The molecule has 0 radical (unpaired) electrons. The van der Waals surface area contributed by atoms with Crippen molar-refractivity contribution >= 4 is 22.4 Å². The van der Waals surface area contributed by atoms with Crippen molar-refractivity contribution in [2.45, 2.75) is 39.7 Å². The van der Waals surface area contributed by atoms with Gasteiger partial charge in [0, 0.05) is 6.04 Å². The molecular weight excluding hydrogens is 282 g/mol. The minimum atomic E-state index is 0.246. The van der Waals surface area contributed by atoms with E-state index < -0.39 is 0 Å². The van der Waals surface area contributed by atoms with Gasteiger partial charge in [0.05, 0.1) is 5.69 Å². The number of benzene rings is 1. The smallest absolute Gasteiger partial charge is 0.166 e. The predicted molar refractivity (Wildman–Crippen MR) is 87.4 cm³/mol. The van der Waals surface area contributed by atoms with Crippen LogP contribution in [0.2, 0.25) is 0 Å². The Morgan fingerprint density at radius 3 is 2.68 bits per heavy atom. The number of hydrogen-bond donors (Lipinski definition) is 1. The first-order chi connectivity index (χ1) is 10.7. The second kappa shape index (κ2) is 7.84. The van der Waals surface area contributed by atoms with Crippen LogP contribution in [0.5, 0.6) is 0 Å². The molecule has 0 aliphatic rings. The Labute approximate surface area is 130 Å². The molecule has 0 amide bonds. The number of anilines is 1. The minimum absolute atomic E-state index is 0.246. The van der Waals surface area contributed by atoms with Crippen LogP contribution in [0.15, 0.2) is 21.9 Å². The minimum Gasteiger partial charge on any atom is -0.381 e. The summed E-state index contributed by atoms with van der Waals surface area (Å²) >= 11 is 0. The molecule has 1 unspecified atom stereocenters. The number of nitrogens with zero attached hydrogens (tertiary/aromatic N) is 4. The van der Waals surface area contributed by atoms with Gasteiger partial charge in [-0.1, -0.05) is 13.8 Å². The average molecular weight is 305 g/mol. The number of fused-ring (bicyclic) bond motifs is 1. The van der Waals surface area contributed by atoms with Gasteiger partial charge >= 0.3 is 0 Å². The second-order valence-electron chi connectivity index (χ2n) is 5.40. The van der Waals surface area contributed by atoms with Gasteiger partial charge in [0.15, 0.2) is 11.0 Å². The third-order valence-corrected chi connectivity index (χ3v) is 3.90. The average Bonchev–Trinajstić information content (AvgIpc) is 3.02. The van der Waals surface area contributed by atoms with E-state index in [9.17, 15) is 4.91 Å². The summed E-state index contributed by atoms with van der Waals surface area (Å²) in [7, 11) is 0. The maximum atomic E-state index is 10.7. The summed E-state index contributed by atoms with van der Waals surface area (Å²) in [4.78, 5) is 13.1. The molecule has 1 atom stereocenters. The quantitative estimate of drug-likeness (QED) is 0.713. The normalized spacial score (nSPS) is 12.7. The highest BCUT2D eigenvalue weighted by molar-refractivity contribution is 5.94. The van der Waals surface area contributed by atoms with Crippen LogP contribution >= 0.6 is 0 Å². The summed E-state index contributed by atoms with van der Waals surface area (Å²) in [5.74, 6) is 0. The van der Waals surface area contributed by atoms with E-state index in [1.165, 1.54) is 0 Å². The third-order valence-electron chi connectivity index (χ3n) is 3.90. The van der Waals surface area contributed by atoms with Crippen LogP contribution in [0.3, 0.4) is 0 Å². The lowest BCUT2D eigenvalue weighted by Crippen LogP contribution is -2.25. The van der Waals surface area contributed by atoms with Gasteiger partial charge in [0.2, 0.25) is 0 Å². The summed E-state index contributed by atoms with van der Waals surface area (Å²) in [5, 5.41) is 13.9. The van der Waals surface area contributed by atoms with Crippen molar-refractivity contribution in [2.75, 3.05) is 25.0 Å². The van der Waals surface area contributed by atoms with Crippen molar-refractivity contribution in [1.29, 1.82) is 0 Å². The van der Waals surface area contributed by atoms with E-state index in [1.807, 2.05) is 0 Å². The van der Waals surface area contributed by atoms with Crippen LogP contribution in [0.1, 0.15) is 33.6 Å². The van der Waals surface area contributed by atoms with Crippen molar-refractivity contribution in [3.05, 3.63) is 17.0 Å². The zero-order chi connectivity index (χ0) is 15.9. The monoisotopic (exact) mass is 305 g/mol. The molecule has 0 fully saturated rings. The molecule has 0 saturated carbocycles. The first-order valence-electron chi connectivity index (χ1n) is 7.77. The van der Waals surface area contributed by atoms with E-state index in [4.69, 9.17) is 4.63 Å². The van der Waals surface area contributed by atoms with Crippen LogP contribution in [0.4, 0.5) is 11.4 Å². The van der Waals surface area contributed by atoms with Gasteiger partial charge < -0.3 is 10.2 Å². The van der Waals surface area contributed by atoms with Crippen molar-refractivity contribution in [2.24, 2.45) is 5.18 Å². The molecule has 22 heavy (non-hydrogen) atoms. The van der Waals surface area contributed by atoms with E-state index in [1.54, 1.807) is 12.1 Å². The van der Waals surface area contributed by atoms with Crippen LogP contribution in [0.25, 0.3) is 11.0 Å². The van der Waals surface area contributed by atoms with Gasteiger partial charge in [0.1, 0.15) is 5.69 Å². The molecule has 1 N–H and O–H groups in total. The highest BCUT2D eigenvalue weighted by atomic mass is 16.6. The van der Waals surface area contributed by atoms with Gasteiger partial charge in [-0.3, -0.25) is 0 Å². The lowest BCUT2D eigenvalue weighted by atomic mass is 10.1. The number of hydrogen-bond acceptors (Lipinski definition) is 7. The molecule has 2 rings (SSSR count). The molecule has 0 bridgehead atoms. The Morgan fingerprint density at radius 1 is 1.27 bits per heavy atom. The van der Waals surface area contributed by atoms with Crippen LogP contribution < -0.4 is 5.32 Å². The number of nitroso groups, excluding NO2 is 1. The Kier molecular flexibility index (Phi) is 5.83. The predicted octanol–water partition coefficient (Wildman–Crippen LogP) is 3.54. The highest BCUT2D eigenvalue weighted by Crippen LogP contribution is 2.29. The van der Waals surface area contributed by atoms with Gasteiger partial charge in [0.25, 0.3) is 0 Å². The molecule has 1 aromatic heterocycles. The fourth-order valence-corrected chi connectivity index (χ4v) is 2.54. The Morgan fingerprint density at radius 2 is 2.00 bits per heavy atom. The number of rotatable bonds is 9. The number of nitrogens with one attached hydrogen (secondary N) is 1. The summed E-state index contributed by atoms with van der Waals surface area (Å²) in [5.41, 5.74) is 2.01. The fraction of sp³-hybridized carbons (Fsp3) is 0.600. The molecule has 120 valence electrons. The van der Waals surface area contributed by atoms with Crippen LogP contribution in [-0.2, 0) is 0 Å². The Bertz CT molecular complexity index is 609. The molecule has 0 aliphatic carbocycles. The van der Waals surface area contributed by atoms with Crippen LogP contribution in [-0.4, -0.2) is 40.9 Å². The fourth-order valence-electron chi connectivity index (χ4n) is 2.54. The van der Waals surface area contributed by atoms with Gasteiger partial charge in [-0.2, -0.15) is 0 Å². The zero-order valence-corrected chi connectivity index (χ0v) is 13.4. The molecular formula is C15H23N5O2. The highest BCUT2D eigenvalue weighted by Gasteiger charge is 2.14. The molecule has 7 heteroatoms. The Balaban J connectivity index is 1.96.